The Bertz CT molecular complexity index is 457. The molecule has 7 heteroatoms. The molecule has 0 atom stereocenters. The van der Waals surface area contributed by atoms with Gasteiger partial charge in [0.05, 0.1) is 65.1 Å². The maximum atomic E-state index is 5.87. The summed E-state index contributed by atoms with van der Waals surface area (Å²) in [5.74, 6) is 0.842. The summed E-state index contributed by atoms with van der Waals surface area (Å²) in [6.45, 7) is 7.31. The van der Waals surface area contributed by atoms with Gasteiger partial charge in [0.25, 0.3) is 0 Å². The van der Waals surface area contributed by atoms with Crippen LogP contribution in [-0.2, 0) is 23.7 Å². The van der Waals surface area contributed by atoms with E-state index in [4.69, 9.17) is 28.4 Å². The first-order chi connectivity index (χ1) is 12.9. The maximum Gasteiger partial charge on any atom is 0.142 e. The smallest absolute Gasteiger partial charge is 0.142 e. The van der Waals surface area contributed by atoms with Gasteiger partial charge in [-0.25, -0.2) is 0 Å². The Balaban J connectivity index is 1.95. The molecule has 26 heavy (non-hydrogen) atoms. The van der Waals surface area contributed by atoms with Crippen LogP contribution < -0.4 is 9.64 Å². The van der Waals surface area contributed by atoms with Crippen LogP contribution in [0.5, 0.6) is 5.75 Å². The molecule has 0 N–H and O–H groups in total. The van der Waals surface area contributed by atoms with Gasteiger partial charge in [0.15, 0.2) is 0 Å². The Kier molecular flexibility index (Phi) is 11.1. The minimum atomic E-state index is 0.517. The normalized spacial score (nSPS) is 18.7. The minimum Gasteiger partial charge on any atom is -0.489 e. The largest absolute Gasteiger partial charge is 0.489 e. The van der Waals surface area contributed by atoms with E-state index in [1.165, 1.54) is 0 Å². The van der Waals surface area contributed by atoms with Gasteiger partial charge in [0.1, 0.15) is 12.4 Å². The lowest BCUT2D eigenvalue weighted by Crippen LogP contribution is -2.32. The number of hydrogen-bond donors (Lipinski definition) is 0. The zero-order valence-corrected chi connectivity index (χ0v) is 15.7. The molecule has 0 saturated carbocycles. The number of hydrogen-bond acceptors (Lipinski definition) is 7. The SMILES string of the molecule is COCCOc1ccccc1N1CCOCCOCCOCCOCC1. The molecule has 1 aromatic rings. The van der Waals surface area contributed by atoms with E-state index in [0.29, 0.717) is 66.1 Å². The van der Waals surface area contributed by atoms with Crippen molar-refractivity contribution in [2.24, 2.45) is 0 Å². The van der Waals surface area contributed by atoms with Gasteiger partial charge in [-0.2, -0.15) is 0 Å². The molecule has 1 aromatic carbocycles. The quantitative estimate of drug-likeness (QED) is 0.731. The summed E-state index contributed by atoms with van der Waals surface area (Å²) in [6, 6.07) is 8.02. The first-order valence-corrected chi connectivity index (χ1v) is 9.18. The molecule has 0 aromatic heterocycles. The highest BCUT2D eigenvalue weighted by Gasteiger charge is 2.12. The van der Waals surface area contributed by atoms with Crippen LogP contribution >= 0.6 is 0 Å². The van der Waals surface area contributed by atoms with E-state index in [1.807, 2.05) is 18.2 Å². The van der Waals surface area contributed by atoms with E-state index in [0.717, 1.165) is 24.5 Å². The van der Waals surface area contributed by atoms with Gasteiger partial charge in [0, 0.05) is 20.2 Å². The van der Waals surface area contributed by atoms with Crippen molar-refractivity contribution < 1.29 is 28.4 Å². The maximum absolute atomic E-state index is 5.87. The van der Waals surface area contributed by atoms with Crippen molar-refractivity contribution in [3.05, 3.63) is 24.3 Å². The molecule has 1 saturated heterocycles. The summed E-state index contributed by atoms with van der Waals surface area (Å²) in [5.41, 5.74) is 1.03. The Morgan fingerprint density at radius 1 is 0.769 bits per heavy atom. The fourth-order valence-electron chi connectivity index (χ4n) is 2.54. The molecule has 0 aliphatic carbocycles. The zero-order valence-electron chi connectivity index (χ0n) is 15.7. The van der Waals surface area contributed by atoms with Crippen molar-refractivity contribution in [3.63, 3.8) is 0 Å². The Hall–Kier alpha value is -1.38. The Labute approximate surface area is 156 Å². The molecule has 0 radical (unpaired) electrons. The van der Waals surface area contributed by atoms with Crippen LogP contribution in [0.3, 0.4) is 0 Å². The molecule has 1 aliphatic heterocycles. The second-order valence-corrected chi connectivity index (χ2v) is 5.75. The number of rotatable bonds is 5. The van der Waals surface area contributed by atoms with E-state index in [9.17, 15) is 0 Å². The van der Waals surface area contributed by atoms with E-state index in [2.05, 4.69) is 11.0 Å². The molecule has 0 spiro atoms. The van der Waals surface area contributed by atoms with Crippen LogP contribution in [0.15, 0.2) is 24.3 Å². The van der Waals surface area contributed by atoms with Crippen LogP contribution in [0, 0.1) is 0 Å². The molecular formula is C19H31NO6. The highest BCUT2D eigenvalue weighted by atomic mass is 16.6. The molecule has 0 unspecified atom stereocenters. The summed E-state index contributed by atoms with van der Waals surface area (Å²) in [7, 11) is 1.67. The highest BCUT2D eigenvalue weighted by Crippen LogP contribution is 2.27. The third-order valence-electron chi connectivity index (χ3n) is 3.88. The monoisotopic (exact) mass is 369 g/mol. The van der Waals surface area contributed by atoms with E-state index < -0.39 is 0 Å². The molecule has 0 bridgehead atoms. The van der Waals surface area contributed by atoms with Crippen LogP contribution in [0.25, 0.3) is 0 Å². The van der Waals surface area contributed by atoms with Gasteiger partial charge in [-0.05, 0) is 12.1 Å². The number of benzene rings is 1. The van der Waals surface area contributed by atoms with Gasteiger partial charge in [-0.15, -0.1) is 0 Å². The number of ether oxygens (including phenoxy) is 6. The lowest BCUT2D eigenvalue weighted by atomic mass is 10.2. The highest BCUT2D eigenvalue weighted by molar-refractivity contribution is 5.58. The first kappa shape index (κ1) is 20.9. The van der Waals surface area contributed by atoms with Crippen molar-refractivity contribution in [2.45, 2.75) is 0 Å². The predicted octanol–water partition coefficient (Wildman–Crippen LogP) is 1.60. The third-order valence-corrected chi connectivity index (χ3v) is 3.88. The fraction of sp³-hybridized carbons (Fsp3) is 0.684. The number of methoxy groups -OCH3 is 1. The van der Waals surface area contributed by atoms with Crippen LogP contribution in [0.1, 0.15) is 0 Å². The van der Waals surface area contributed by atoms with Crippen molar-refractivity contribution >= 4 is 5.69 Å². The Morgan fingerprint density at radius 2 is 1.31 bits per heavy atom. The van der Waals surface area contributed by atoms with Gasteiger partial charge < -0.3 is 33.3 Å². The predicted molar refractivity (Wildman–Crippen MR) is 99.3 cm³/mol. The summed E-state index contributed by atoms with van der Waals surface area (Å²) >= 11 is 0. The topological polar surface area (TPSA) is 58.6 Å². The molecule has 1 fully saturated rings. The molecule has 7 nitrogen and oxygen atoms in total. The minimum absolute atomic E-state index is 0.517. The summed E-state index contributed by atoms with van der Waals surface area (Å²) < 4.78 is 33.2. The molecule has 148 valence electrons. The third kappa shape index (κ3) is 8.33. The van der Waals surface area contributed by atoms with Crippen LogP contribution in [-0.4, -0.2) is 86.3 Å². The zero-order chi connectivity index (χ0) is 18.3. The average Bonchev–Trinajstić information content (AvgIpc) is 2.68. The molecule has 1 heterocycles. The van der Waals surface area contributed by atoms with E-state index in [1.54, 1.807) is 7.11 Å². The van der Waals surface area contributed by atoms with Crippen molar-refractivity contribution in [1.29, 1.82) is 0 Å². The standard InChI is InChI=1S/C19H31NO6/c1-21-10-17-26-19-5-3-2-4-18(19)20-6-8-22-11-13-24-15-16-25-14-12-23-9-7-20/h2-5H,6-17H2,1H3. The summed E-state index contributed by atoms with van der Waals surface area (Å²) in [6.07, 6.45) is 0. The van der Waals surface area contributed by atoms with Gasteiger partial charge in [0.2, 0.25) is 0 Å². The van der Waals surface area contributed by atoms with E-state index in [-0.39, 0.29) is 0 Å². The van der Waals surface area contributed by atoms with Gasteiger partial charge in [-0.1, -0.05) is 12.1 Å². The lowest BCUT2D eigenvalue weighted by molar-refractivity contribution is 0.00206. The fourth-order valence-corrected chi connectivity index (χ4v) is 2.54. The van der Waals surface area contributed by atoms with Gasteiger partial charge in [-0.3, -0.25) is 0 Å². The Morgan fingerprint density at radius 3 is 1.88 bits per heavy atom. The van der Waals surface area contributed by atoms with Crippen molar-refractivity contribution in [1.82, 2.24) is 0 Å². The summed E-state index contributed by atoms with van der Waals surface area (Å²) in [5, 5.41) is 0. The number of anilines is 1. The van der Waals surface area contributed by atoms with Crippen molar-refractivity contribution in [3.8, 4) is 5.75 Å². The second kappa shape index (κ2) is 13.8. The molecule has 1 aliphatic rings. The average molecular weight is 369 g/mol. The molecule has 0 amide bonds. The van der Waals surface area contributed by atoms with E-state index >= 15 is 0 Å². The van der Waals surface area contributed by atoms with Crippen molar-refractivity contribution in [2.75, 3.05) is 91.2 Å². The lowest BCUT2D eigenvalue weighted by Gasteiger charge is -2.27. The van der Waals surface area contributed by atoms with Crippen LogP contribution in [0.4, 0.5) is 5.69 Å². The number of para-hydroxylation sites is 2. The first-order valence-electron chi connectivity index (χ1n) is 9.18. The molecule has 2 rings (SSSR count). The molecular weight excluding hydrogens is 338 g/mol. The summed E-state index contributed by atoms with van der Waals surface area (Å²) in [4.78, 5) is 2.23. The second-order valence-electron chi connectivity index (χ2n) is 5.75. The van der Waals surface area contributed by atoms with Gasteiger partial charge >= 0.3 is 0 Å². The number of nitrogens with zero attached hydrogens (tertiary/aromatic N) is 1. The van der Waals surface area contributed by atoms with Crippen LogP contribution in [0.2, 0.25) is 0 Å².